The summed E-state index contributed by atoms with van der Waals surface area (Å²) in [5.74, 6) is 0.929. The van der Waals surface area contributed by atoms with E-state index in [4.69, 9.17) is 14.2 Å². The maximum atomic E-state index is 12.9. The van der Waals surface area contributed by atoms with Crippen LogP contribution in [-0.2, 0) is 28.6 Å². The summed E-state index contributed by atoms with van der Waals surface area (Å²) >= 11 is 0. The highest BCUT2D eigenvalue weighted by molar-refractivity contribution is 5.71. The van der Waals surface area contributed by atoms with Crippen LogP contribution < -0.4 is 0 Å². The zero-order valence-electron chi connectivity index (χ0n) is 49.6. The minimum Gasteiger partial charge on any atom is -0.462 e. The molecule has 0 aromatic rings. The Morgan fingerprint density at radius 3 is 0.792 bits per heavy atom. The summed E-state index contributed by atoms with van der Waals surface area (Å²) in [6, 6.07) is 0. The van der Waals surface area contributed by atoms with Crippen LogP contribution in [0.1, 0.15) is 375 Å². The number of unbranched alkanes of at least 4 members (excludes halogenated alkanes) is 44. The molecule has 72 heavy (non-hydrogen) atoms. The first-order valence-corrected chi connectivity index (χ1v) is 32.8. The first-order chi connectivity index (χ1) is 35.3. The van der Waals surface area contributed by atoms with Gasteiger partial charge in [-0.1, -0.05) is 336 Å². The molecule has 0 aromatic heterocycles. The van der Waals surface area contributed by atoms with Gasteiger partial charge in [0.2, 0.25) is 0 Å². The van der Waals surface area contributed by atoms with Gasteiger partial charge in [0.15, 0.2) is 6.10 Å². The first-order valence-electron chi connectivity index (χ1n) is 32.8. The quantitative estimate of drug-likeness (QED) is 0.0343. The Bertz CT molecular complexity index is 1110. The maximum absolute atomic E-state index is 12.9. The van der Waals surface area contributed by atoms with Crippen molar-refractivity contribution < 1.29 is 28.6 Å². The fourth-order valence-corrected chi connectivity index (χ4v) is 10.3. The Kier molecular flexibility index (Phi) is 57.4. The van der Waals surface area contributed by atoms with Crippen LogP contribution in [0.4, 0.5) is 0 Å². The summed E-state index contributed by atoms with van der Waals surface area (Å²) < 4.78 is 17.0. The van der Waals surface area contributed by atoms with Crippen LogP contribution >= 0.6 is 0 Å². The van der Waals surface area contributed by atoms with Crippen LogP contribution in [0.15, 0.2) is 0 Å². The van der Waals surface area contributed by atoms with Gasteiger partial charge in [-0.25, -0.2) is 0 Å². The molecule has 0 saturated heterocycles. The molecule has 0 rings (SSSR count). The molecule has 0 aliphatic rings. The predicted molar refractivity (Wildman–Crippen MR) is 312 cm³/mol. The van der Waals surface area contributed by atoms with Gasteiger partial charge in [0, 0.05) is 19.3 Å². The Morgan fingerprint density at radius 1 is 0.292 bits per heavy atom. The topological polar surface area (TPSA) is 78.9 Å². The van der Waals surface area contributed by atoms with Crippen molar-refractivity contribution in [2.45, 2.75) is 381 Å². The zero-order valence-corrected chi connectivity index (χ0v) is 49.6. The van der Waals surface area contributed by atoms with Crippen LogP contribution in [0.2, 0.25) is 0 Å². The Labute approximate surface area is 450 Å². The molecule has 0 amide bonds. The van der Waals surface area contributed by atoms with Gasteiger partial charge >= 0.3 is 17.9 Å². The summed E-state index contributed by atoms with van der Waals surface area (Å²) in [7, 11) is 0. The summed E-state index contributed by atoms with van der Waals surface area (Å²) in [4.78, 5) is 38.3. The largest absolute Gasteiger partial charge is 0.462 e. The van der Waals surface area contributed by atoms with Crippen molar-refractivity contribution >= 4 is 17.9 Å². The molecule has 0 heterocycles. The van der Waals surface area contributed by atoms with Crippen molar-refractivity contribution in [3.63, 3.8) is 0 Å². The van der Waals surface area contributed by atoms with Crippen molar-refractivity contribution in [3.8, 4) is 0 Å². The lowest BCUT2D eigenvalue weighted by molar-refractivity contribution is -0.167. The lowest BCUT2D eigenvalue weighted by Crippen LogP contribution is -2.30. The number of rotatable bonds is 60. The molecular weight excluding hydrogens is 889 g/mol. The highest BCUT2D eigenvalue weighted by Crippen LogP contribution is 2.19. The minimum absolute atomic E-state index is 0.0617. The molecule has 0 bridgehead atoms. The SMILES string of the molecule is CCCCCCCCCCCCCCCCC(=O)OC[C@H](COC(=O)CCCCCCCCCCCCCCCCCC(C)C)OC(=O)CCCCCCCCCCCCCCCCCCCCC(C)CC. The average molecular weight is 1020 g/mol. The second-order valence-electron chi connectivity index (χ2n) is 23.5. The van der Waals surface area contributed by atoms with Crippen molar-refractivity contribution in [3.05, 3.63) is 0 Å². The van der Waals surface area contributed by atoms with Crippen LogP contribution in [-0.4, -0.2) is 37.2 Å². The summed E-state index contributed by atoms with van der Waals surface area (Å²) in [6.07, 6.45) is 65.3. The standard InChI is InChI=1S/C66H128O6/c1-6-8-9-10-11-12-13-14-26-31-36-41-46-51-56-64(67)70-59-63(60-71-65(68)57-52-47-42-37-32-27-23-19-20-24-29-34-39-44-49-54-61(3)4)72-66(69)58-53-48-43-38-33-28-22-18-16-15-17-21-25-30-35-40-45-50-55-62(5)7-2/h61-63H,6-60H2,1-5H3/t62?,63-/m1/s1. The lowest BCUT2D eigenvalue weighted by atomic mass is 9.99. The highest BCUT2D eigenvalue weighted by atomic mass is 16.6. The summed E-state index contributed by atoms with van der Waals surface area (Å²) in [5, 5.41) is 0. The van der Waals surface area contributed by atoms with E-state index in [1.54, 1.807) is 0 Å². The van der Waals surface area contributed by atoms with E-state index >= 15 is 0 Å². The number of esters is 3. The van der Waals surface area contributed by atoms with Gasteiger partial charge in [0.25, 0.3) is 0 Å². The molecule has 2 atom stereocenters. The van der Waals surface area contributed by atoms with E-state index in [0.29, 0.717) is 19.3 Å². The molecule has 0 aromatic carbocycles. The van der Waals surface area contributed by atoms with E-state index in [1.807, 2.05) is 0 Å². The molecule has 428 valence electrons. The van der Waals surface area contributed by atoms with E-state index < -0.39 is 6.10 Å². The zero-order chi connectivity index (χ0) is 52.5. The van der Waals surface area contributed by atoms with E-state index in [9.17, 15) is 14.4 Å². The van der Waals surface area contributed by atoms with Crippen molar-refractivity contribution in [2.75, 3.05) is 13.2 Å². The molecular formula is C66H128O6. The normalized spacial score (nSPS) is 12.4. The van der Waals surface area contributed by atoms with Crippen molar-refractivity contribution in [2.24, 2.45) is 11.8 Å². The molecule has 6 heteroatoms. The Balaban J connectivity index is 4.26. The van der Waals surface area contributed by atoms with Gasteiger partial charge in [-0.3, -0.25) is 14.4 Å². The first kappa shape index (κ1) is 70.4. The van der Waals surface area contributed by atoms with Crippen molar-refractivity contribution in [1.82, 2.24) is 0 Å². The molecule has 0 aliphatic heterocycles. The number of carbonyl (C=O) groups excluding carboxylic acids is 3. The van der Waals surface area contributed by atoms with E-state index in [-0.39, 0.29) is 31.1 Å². The molecule has 1 unspecified atom stereocenters. The Hall–Kier alpha value is -1.59. The highest BCUT2D eigenvalue weighted by Gasteiger charge is 2.19. The summed E-state index contributed by atoms with van der Waals surface area (Å²) in [5.41, 5.74) is 0. The van der Waals surface area contributed by atoms with E-state index in [2.05, 4.69) is 34.6 Å². The third-order valence-corrected chi connectivity index (χ3v) is 15.6. The number of carbonyl (C=O) groups is 3. The van der Waals surface area contributed by atoms with Gasteiger partial charge in [-0.2, -0.15) is 0 Å². The predicted octanol–water partition coefficient (Wildman–Crippen LogP) is 22.0. The lowest BCUT2D eigenvalue weighted by Gasteiger charge is -2.18. The maximum Gasteiger partial charge on any atom is 0.306 e. The average Bonchev–Trinajstić information content (AvgIpc) is 3.37. The van der Waals surface area contributed by atoms with Gasteiger partial charge in [0.1, 0.15) is 13.2 Å². The molecule has 0 aliphatic carbocycles. The monoisotopic (exact) mass is 1020 g/mol. The molecule has 0 radical (unpaired) electrons. The second-order valence-corrected chi connectivity index (χ2v) is 23.5. The third kappa shape index (κ3) is 57.7. The Morgan fingerprint density at radius 2 is 0.528 bits per heavy atom. The fraction of sp³-hybridized carbons (Fsp3) is 0.955. The molecule has 0 fully saturated rings. The molecule has 0 saturated carbocycles. The summed E-state index contributed by atoms with van der Waals surface area (Å²) in [6.45, 7) is 11.5. The van der Waals surface area contributed by atoms with Gasteiger partial charge in [-0.15, -0.1) is 0 Å². The van der Waals surface area contributed by atoms with Gasteiger partial charge < -0.3 is 14.2 Å². The molecule has 0 spiro atoms. The van der Waals surface area contributed by atoms with E-state index in [1.165, 1.54) is 263 Å². The number of hydrogen-bond acceptors (Lipinski definition) is 6. The van der Waals surface area contributed by atoms with Gasteiger partial charge in [-0.05, 0) is 31.1 Å². The fourth-order valence-electron chi connectivity index (χ4n) is 10.3. The van der Waals surface area contributed by atoms with Crippen LogP contribution in [0.5, 0.6) is 0 Å². The van der Waals surface area contributed by atoms with Crippen LogP contribution in [0.3, 0.4) is 0 Å². The number of ether oxygens (including phenoxy) is 3. The molecule has 0 N–H and O–H groups in total. The third-order valence-electron chi connectivity index (χ3n) is 15.6. The van der Waals surface area contributed by atoms with Crippen LogP contribution in [0, 0.1) is 11.8 Å². The minimum atomic E-state index is -0.764. The number of hydrogen-bond donors (Lipinski definition) is 0. The molecule has 6 nitrogen and oxygen atoms in total. The van der Waals surface area contributed by atoms with Gasteiger partial charge in [0.05, 0.1) is 0 Å². The van der Waals surface area contributed by atoms with E-state index in [0.717, 1.165) is 69.6 Å². The smallest absolute Gasteiger partial charge is 0.306 e. The van der Waals surface area contributed by atoms with Crippen molar-refractivity contribution in [1.29, 1.82) is 0 Å². The second kappa shape index (κ2) is 58.7. The van der Waals surface area contributed by atoms with Crippen LogP contribution in [0.25, 0.3) is 0 Å².